The Morgan fingerprint density at radius 1 is 1.26 bits per heavy atom. The summed E-state index contributed by atoms with van der Waals surface area (Å²) in [6, 6.07) is 0. The number of hydrogen-bond donors (Lipinski definition) is 0. The fraction of sp³-hybridized carbons (Fsp3) is 0.733. The van der Waals surface area contributed by atoms with E-state index >= 15 is 0 Å². The molecule has 0 N–H and O–H groups in total. The number of esters is 2. The van der Waals surface area contributed by atoms with Crippen molar-refractivity contribution < 1.29 is 19.1 Å². The van der Waals surface area contributed by atoms with Crippen molar-refractivity contribution in [3.8, 4) is 0 Å². The zero-order valence-electron chi connectivity index (χ0n) is 12.7. The molecule has 1 rings (SSSR count). The SMILES string of the molecule is CC(=O)OCC1=C(C)C(OC(C)=O)CC(C)C1(C)C. The Morgan fingerprint density at radius 2 is 1.84 bits per heavy atom. The summed E-state index contributed by atoms with van der Waals surface area (Å²) in [5.41, 5.74) is 2.02. The van der Waals surface area contributed by atoms with Crippen LogP contribution in [0, 0.1) is 11.3 Å². The van der Waals surface area contributed by atoms with E-state index in [1.165, 1.54) is 13.8 Å². The second-order valence-electron chi connectivity index (χ2n) is 5.90. The minimum atomic E-state index is -0.293. The fourth-order valence-corrected chi connectivity index (χ4v) is 2.60. The van der Waals surface area contributed by atoms with E-state index in [9.17, 15) is 9.59 Å². The zero-order chi connectivity index (χ0) is 14.8. The van der Waals surface area contributed by atoms with Gasteiger partial charge in [0.05, 0.1) is 0 Å². The summed E-state index contributed by atoms with van der Waals surface area (Å²) in [5.74, 6) is -0.215. The van der Waals surface area contributed by atoms with Gasteiger partial charge in [0, 0.05) is 13.8 Å². The monoisotopic (exact) mass is 268 g/mol. The molecule has 0 radical (unpaired) electrons. The van der Waals surface area contributed by atoms with Gasteiger partial charge in [-0.3, -0.25) is 9.59 Å². The van der Waals surface area contributed by atoms with Crippen LogP contribution in [0.3, 0.4) is 0 Å². The van der Waals surface area contributed by atoms with E-state index in [0.29, 0.717) is 5.92 Å². The molecule has 108 valence electrons. The molecule has 0 spiro atoms. The lowest BCUT2D eigenvalue weighted by atomic mass is 9.65. The Morgan fingerprint density at radius 3 is 2.32 bits per heavy atom. The molecule has 1 aliphatic rings. The molecule has 0 heterocycles. The van der Waals surface area contributed by atoms with Crippen molar-refractivity contribution >= 4 is 11.9 Å². The molecule has 2 unspecified atom stereocenters. The molecule has 2 atom stereocenters. The van der Waals surface area contributed by atoms with Gasteiger partial charge in [-0.1, -0.05) is 20.8 Å². The highest BCUT2D eigenvalue weighted by Gasteiger charge is 2.40. The first-order valence-corrected chi connectivity index (χ1v) is 6.67. The lowest BCUT2D eigenvalue weighted by molar-refractivity contribution is -0.147. The van der Waals surface area contributed by atoms with Gasteiger partial charge in [0.15, 0.2) is 0 Å². The van der Waals surface area contributed by atoms with Crippen molar-refractivity contribution in [2.75, 3.05) is 6.61 Å². The Hall–Kier alpha value is -1.32. The average molecular weight is 268 g/mol. The average Bonchev–Trinajstić information content (AvgIpc) is 2.24. The van der Waals surface area contributed by atoms with Gasteiger partial charge in [-0.2, -0.15) is 0 Å². The quantitative estimate of drug-likeness (QED) is 0.583. The van der Waals surface area contributed by atoms with Crippen molar-refractivity contribution in [2.45, 2.75) is 54.1 Å². The van der Waals surface area contributed by atoms with E-state index in [4.69, 9.17) is 9.47 Å². The van der Waals surface area contributed by atoms with Crippen LogP contribution in [-0.2, 0) is 19.1 Å². The molecular weight excluding hydrogens is 244 g/mol. The second kappa shape index (κ2) is 5.76. The third kappa shape index (κ3) is 3.58. The van der Waals surface area contributed by atoms with E-state index in [2.05, 4.69) is 20.8 Å². The predicted octanol–water partition coefficient (Wildman–Crippen LogP) is 2.86. The lowest BCUT2D eigenvalue weighted by Gasteiger charge is -2.42. The minimum absolute atomic E-state index is 0.0593. The number of rotatable bonds is 3. The van der Waals surface area contributed by atoms with Crippen LogP contribution in [-0.4, -0.2) is 24.6 Å². The van der Waals surface area contributed by atoms with Gasteiger partial charge in [0.1, 0.15) is 12.7 Å². The van der Waals surface area contributed by atoms with Gasteiger partial charge in [-0.25, -0.2) is 0 Å². The molecule has 0 bridgehead atoms. The van der Waals surface area contributed by atoms with Gasteiger partial charge in [0.2, 0.25) is 0 Å². The summed E-state index contributed by atoms with van der Waals surface area (Å²) >= 11 is 0. The summed E-state index contributed by atoms with van der Waals surface area (Å²) in [6.45, 7) is 11.5. The Kier molecular flexibility index (Phi) is 4.77. The maximum absolute atomic E-state index is 11.2. The molecule has 0 aromatic heterocycles. The highest BCUT2D eigenvalue weighted by atomic mass is 16.5. The lowest BCUT2D eigenvalue weighted by Crippen LogP contribution is -2.38. The van der Waals surface area contributed by atoms with Crippen LogP contribution in [0.15, 0.2) is 11.1 Å². The number of hydrogen-bond acceptors (Lipinski definition) is 4. The fourth-order valence-electron chi connectivity index (χ4n) is 2.60. The van der Waals surface area contributed by atoms with Crippen LogP contribution >= 0.6 is 0 Å². The van der Waals surface area contributed by atoms with Crippen LogP contribution < -0.4 is 0 Å². The van der Waals surface area contributed by atoms with Gasteiger partial charge < -0.3 is 9.47 Å². The van der Waals surface area contributed by atoms with Gasteiger partial charge in [-0.05, 0) is 35.8 Å². The van der Waals surface area contributed by atoms with Gasteiger partial charge in [-0.15, -0.1) is 0 Å². The van der Waals surface area contributed by atoms with Crippen molar-refractivity contribution in [1.82, 2.24) is 0 Å². The minimum Gasteiger partial charge on any atom is -0.461 e. The molecule has 19 heavy (non-hydrogen) atoms. The summed E-state index contributed by atoms with van der Waals surface area (Å²) in [7, 11) is 0. The summed E-state index contributed by atoms with van der Waals surface area (Å²) in [4.78, 5) is 22.2. The van der Waals surface area contributed by atoms with Crippen LogP contribution in [0.2, 0.25) is 0 Å². The van der Waals surface area contributed by atoms with E-state index in [-0.39, 0.29) is 30.1 Å². The Balaban J connectivity index is 3.05. The molecule has 4 nitrogen and oxygen atoms in total. The predicted molar refractivity (Wildman–Crippen MR) is 72.4 cm³/mol. The van der Waals surface area contributed by atoms with Gasteiger partial charge >= 0.3 is 11.9 Å². The maximum atomic E-state index is 11.2. The molecule has 0 aromatic rings. The first-order chi connectivity index (χ1) is 8.66. The van der Waals surface area contributed by atoms with E-state index in [1.54, 1.807) is 0 Å². The molecule has 0 fully saturated rings. The Bertz CT molecular complexity index is 406. The normalized spacial score (nSPS) is 26.0. The molecule has 0 aliphatic heterocycles. The standard InChI is InChI=1S/C15H24O4/c1-9-7-14(19-12(4)17)10(2)13(15(9,5)6)8-18-11(3)16/h9,14H,7-8H2,1-6H3. The van der Waals surface area contributed by atoms with E-state index in [0.717, 1.165) is 17.6 Å². The molecule has 4 heteroatoms. The van der Waals surface area contributed by atoms with Crippen molar-refractivity contribution in [1.29, 1.82) is 0 Å². The summed E-state index contributed by atoms with van der Waals surface area (Å²) in [5, 5.41) is 0. The number of carbonyl (C=O) groups is 2. The van der Waals surface area contributed by atoms with E-state index < -0.39 is 0 Å². The van der Waals surface area contributed by atoms with Crippen LogP contribution in [0.1, 0.15) is 48.0 Å². The van der Waals surface area contributed by atoms with Gasteiger partial charge in [0.25, 0.3) is 0 Å². The molecule has 0 aromatic carbocycles. The third-order valence-electron chi connectivity index (χ3n) is 4.26. The van der Waals surface area contributed by atoms with Crippen molar-refractivity contribution in [2.24, 2.45) is 11.3 Å². The smallest absolute Gasteiger partial charge is 0.303 e. The molecule has 1 aliphatic carbocycles. The Labute approximate surface area is 115 Å². The first-order valence-electron chi connectivity index (χ1n) is 6.67. The summed E-state index contributed by atoms with van der Waals surface area (Å²) in [6.07, 6.45) is 0.605. The van der Waals surface area contributed by atoms with Crippen LogP contribution in [0.5, 0.6) is 0 Å². The maximum Gasteiger partial charge on any atom is 0.303 e. The van der Waals surface area contributed by atoms with Crippen LogP contribution in [0.25, 0.3) is 0 Å². The number of ether oxygens (including phenoxy) is 2. The van der Waals surface area contributed by atoms with Crippen molar-refractivity contribution in [3.63, 3.8) is 0 Å². The highest BCUT2D eigenvalue weighted by molar-refractivity contribution is 5.67. The van der Waals surface area contributed by atoms with Crippen LogP contribution in [0.4, 0.5) is 0 Å². The number of carbonyl (C=O) groups excluding carboxylic acids is 2. The zero-order valence-corrected chi connectivity index (χ0v) is 12.7. The largest absolute Gasteiger partial charge is 0.461 e. The molecule has 0 saturated carbocycles. The highest BCUT2D eigenvalue weighted by Crippen LogP contribution is 2.45. The first kappa shape index (κ1) is 15.7. The second-order valence-corrected chi connectivity index (χ2v) is 5.90. The van der Waals surface area contributed by atoms with E-state index in [1.807, 2.05) is 6.92 Å². The topological polar surface area (TPSA) is 52.6 Å². The van der Waals surface area contributed by atoms with Crippen molar-refractivity contribution in [3.05, 3.63) is 11.1 Å². The molecule has 0 saturated heterocycles. The summed E-state index contributed by atoms with van der Waals surface area (Å²) < 4.78 is 10.5. The third-order valence-corrected chi connectivity index (χ3v) is 4.26. The molecule has 0 amide bonds. The molecular formula is C15H24O4.